The fourth-order valence-electron chi connectivity index (χ4n) is 7.16. The number of rotatable bonds is 5. The monoisotopic (exact) mass is 735 g/mol. The molecule has 4 aliphatic rings. The molecule has 2 aromatic heterocycles. The molecule has 2 amide bonds. The first-order valence-corrected chi connectivity index (χ1v) is 17.7. The third-order valence-electron chi connectivity index (χ3n) is 10.3. The number of ether oxygens (including phenoxy) is 2. The van der Waals surface area contributed by atoms with Gasteiger partial charge in [0.1, 0.15) is 12.4 Å². The molecule has 16 nitrogen and oxygen atoms in total. The first-order chi connectivity index (χ1) is 25.4. The number of aliphatic hydroxyl groups excluding tert-OH is 1. The lowest BCUT2D eigenvalue weighted by molar-refractivity contribution is -0.157. The number of carbonyl (C=O) groups is 5. The number of carboxylic acid groups (broad SMARTS) is 2. The van der Waals surface area contributed by atoms with Crippen molar-refractivity contribution >= 4 is 41.3 Å². The predicted octanol–water partition coefficient (Wildman–Crippen LogP) is 2.63. The van der Waals surface area contributed by atoms with Crippen molar-refractivity contribution in [1.29, 1.82) is 0 Å². The summed E-state index contributed by atoms with van der Waals surface area (Å²) in [5.74, 6) is -1.28. The van der Waals surface area contributed by atoms with Crippen molar-refractivity contribution in [2.75, 3.05) is 45.8 Å². The maximum absolute atomic E-state index is 13.4. The molecule has 0 spiro atoms. The van der Waals surface area contributed by atoms with E-state index in [1.165, 1.54) is 0 Å². The highest BCUT2D eigenvalue weighted by atomic mass is 16.6. The number of hydrogen-bond acceptors (Lipinski definition) is 11. The van der Waals surface area contributed by atoms with Crippen molar-refractivity contribution in [3.8, 4) is 17.1 Å². The minimum atomic E-state index is -1.52. The molecule has 7 rings (SSSR count). The molecule has 53 heavy (non-hydrogen) atoms. The van der Waals surface area contributed by atoms with Gasteiger partial charge in [-0.3, -0.25) is 24.1 Å². The number of piperazine rings is 1. The number of nitrogens with zero attached hydrogens (tertiary/aromatic N) is 5. The van der Waals surface area contributed by atoms with Gasteiger partial charge >= 0.3 is 18.0 Å². The molecular formula is C37H45N5O11. The standard InChI is InChI=1S/C34H37N5O9.C2H6.CH2O2/c1-3-20-21-14-19(48-33(46)38-12-10-36(11-13-38)17-27(40)37-8-6-34(2,7-9-37)32(44)45)4-5-25(21)35-28-23(20)16-39-26(28)15-22-24(30(39)42)18-47-31(43)29(22)41;1-2;2-1-3/h4-5,14-15,29,41H,3,6-13,16-18H2,1-2H3,(H,44,45);1-2H3;1H,(H,2,3). The second-order valence-corrected chi connectivity index (χ2v) is 13.3. The zero-order valence-corrected chi connectivity index (χ0v) is 30.3. The van der Waals surface area contributed by atoms with Crippen molar-refractivity contribution in [2.45, 2.75) is 66.2 Å². The second-order valence-electron chi connectivity index (χ2n) is 13.3. The van der Waals surface area contributed by atoms with E-state index in [0.717, 1.165) is 16.5 Å². The topological polar surface area (TPSA) is 209 Å². The summed E-state index contributed by atoms with van der Waals surface area (Å²) < 4.78 is 12.4. The summed E-state index contributed by atoms with van der Waals surface area (Å²) in [5, 5.41) is 27.5. The molecule has 6 heterocycles. The Morgan fingerprint density at radius 2 is 1.68 bits per heavy atom. The first kappa shape index (κ1) is 38.9. The highest BCUT2D eigenvalue weighted by Crippen LogP contribution is 2.39. The van der Waals surface area contributed by atoms with Gasteiger partial charge in [0.2, 0.25) is 5.91 Å². The van der Waals surface area contributed by atoms with E-state index in [1.807, 2.05) is 25.7 Å². The van der Waals surface area contributed by atoms with Crippen molar-refractivity contribution in [1.82, 2.24) is 24.3 Å². The lowest BCUT2D eigenvalue weighted by atomic mass is 9.80. The average Bonchev–Trinajstić information content (AvgIpc) is 3.52. The van der Waals surface area contributed by atoms with E-state index in [1.54, 1.807) is 45.6 Å². The highest BCUT2D eigenvalue weighted by Gasteiger charge is 2.39. The maximum atomic E-state index is 13.4. The van der Waals surface area contributed by atoms with Gasteiger partial charge in [0.05, 0.1) is 41.0 Å². The smallest absolute Gasteiger partial charge is 0.415 e. The Balaban J connectivity index is 0.00000103. The second kappa shape index (κ2) is 16.1. The summed E-state index contributed by atoms with van der Waals surface area (Å²) in [6.07, 6.45) is -0.525. The number of piperidine rings is 1. The molecule has 3 N–H and O–H groups in total. The third kappa shape index (κ3) is 7.60. The number of carboxylic acids is 1. The fourth-order valence-corrected chi connectivity index (χ4v) is 7.16. The summed E-state index contributed by atoms with van der Waals surface area (Å²) in [6, 6.07) is 6.89. The molecule has 4 aliphatic heterocycles. The van der Waals surface area contributed by atoms with Gasteiger partial charge in [-0.1, -0.05) is 20.8 Å². The zero-order valence-electron chi connectivity index (χ0n) is 30.3. The number of aliphatic hydroxyl groups is 1. The largest absolute Gasteiger partial charge is 0.483 e. The fraction of sp³-hybridized carbons (Fsp3) is 0.486. The van der Waals surface area contributed by atoms with E-state index in [0.29, 0.717) is 81.2 Å². The summed E-state index contributed by atoms with van der Waals surface area (Å²) in [5.41, 5.74) is 3.02. The van der Waals surface area contributed by atoms with Gasteiger partial charge in [0, 0.05) is 55.8 Å². The van der Waals surface area contributed by atoms with E-state index in [2.05, 4.69) is 0 Å². The first-order valence-electron chi connectivity index (χ1n) is 17.7. The Hall–Kier alpha value is -5.35. The van der Waals surface area contributed by atoms with E-state index in [-0.39, 0.29) is 48.8 Å². The molecule has 1 atom stereocenters. The van der Waals surface area contributed by atoms with Crippen LogP contribution in [-0.2, 0) is 43.5 Å². The molecule has 0 radical (unpaired) electrons. The summed E-state index contributed by atoms with van der Waals surface area (Å²) in [6.45, 7) is 10.5. The Morgan fingerprint density at radius 3 is 2.30 bits per heavy atom. The number of esters is 1. The molecule has 16 heteroatoms. The minimum absolute atomic E-state index is 0.0317. The predicted molar refractivity (Wildman–Crippen MR) is 190 cm³/mol. The number of fused-ring (bicyclic) bond motifs is 5. The van der Waals surface area contributed by atoms with E-state index in [4.69, 9.17) is 24.4 Å². The van der Waals surface area contributed by atoms with Gasteiger partial charge in [0.25, 0.3) is 12.0 Å². The number of benzene rings is 1. The van der Waals surface area contributed by atoms with E-state index in [9.17, 15) is 34.2 Å². The van der Waals surface area contributed by atoms with Crippen molar-refractivity contribution in [2.24, 2.45) is 5.41 Å². The molecule has 1 unspecified atom stereocenters. The molecular weight excluding hydrogens is 690 g/mol. The molecule has 1 aromatic carbocycles. The minimum Gasteiger partial charge on any atom is -0.483 e. The van der Waals surface area contributed by atoms with Gasteiger partial charge in [-0.15, -0.1) is 0 Å². The average molecular weight is 736 g/mol. The van der Waals surface area contributed by atoms with Gasteiger partial charge in [0.15, 0.2) is 6.10 Å². The van der Waals surface area contributed by atoms with Crippen LogP contribution in [0.2, 0.25) is 0 Å². The van der Waals surface area contributed by atoms with Gasteiger partial charge in [-0.25, -0.2) is 14.6 Å². The molecule has 0 bridgehead atoms. The summed E-state index contributed by atoms with van der Waals surface area (Å²) in [7, 11) is 0. The van der Waals surface area contributed by atoms with Crippen LogP contribution < -0.4 is 10.3 Å². The van der Waals surface area contributed by atoms with Crippen LogP contribution in [0, 0.1) is 5.41 Å². The number of likely N-dealkylation sites (tertiary alicyclic amines) is 1. The van der Waals surface area contributed by atoms with E-state index >= 15 is 0 Å². The number of aryl methyl sites for hydroxylation is 1. The molecule has 3 aromatic rings. The molecule has 284 valence electrons. The number of aliphatic carboxylic acids is 1. The maximum Gasteiger partial charge on any atom is 0.415 e. The molecule has 0 saturated carbocycles. The number of carbonyl (C=O) groups excluding carboxylic acids is 3. The van der Waals surface area contributed by atoms with E-state index < -0.39 is 29.6 Å². The van der Waals surface area contributed by atoms with Crippen molar-refractivity contribution < 1.29 is 48.8 Å². The van der Waals surface area contributed by atoms with Gasteiger partial charge < -0.3 is 39.2 Å². The van der Waals surface area contributed by atoms with Crippen LogP contribution in [-0.4, -0.2) is 116 Å². The SMILES string of the molecule is CC.CCc1c2c(nc3ccc(OC(=O)N4CCN(CC(=O)N5CCC(C)(C(=O)O)CC5)CC4)cc13)-c1cc3c(c(=O)n1C2)COC(=O)C3O.O=CO. The van der Waals surface area contributed by atoms with Crippen LogP contribution in [0.1, 0.15) is 68.9 Å². The lowest BCUT2D eigenvalue weighted by Crippen LogP contribution is -2.53. The third-order valence-corrected chi connectivity index (χ3v) is 10.3. The van der Waals surface area contributed by atoms with Crippen LogP contribution in [0.5, 0.6) is 5.75 Å². The van der Waals surface area contributed by atoms with Gasteiger partial charge in [-0.2, -0.15) is 0 Å². The van der Waals surface area contributed by atoms with Crippen LogP contribution in [0.15, 0.2) is 29.1 Å². The Labute approximate surface area is 305 Å². The summed E-state index contributed by atoms with van der Waals surface area (Å²) >= 11 is 0. The normalized spacial score (nSPS) is 18.6. The lowest BCUT2D eigenvalue weighted by Gasteiger charge is -2.38. The Bertz CT molecular complexity index is 1980. The summed E-state index contributed by atoms with van der Waals surface area (Å²) in [4.78, 5) is 81.4. The van der Waals surface area contributed by atoms with Crippen LogP contribution >= 0.6 is 0 Å². The quantitative estimate of drug-likeness (QED) is 0.199. The van der Waals surface area contributed by atoms with Crippen LogP contribution in [0.4, 0.5) is 4.79 Å². The van der Waals surface area contributed by atoms with Crippen molar-refractivity contribution in [3.05, 3.63) is 56.9 Å². The number of cyclic esters (lactones) is 1. The molecule has 2 saturated heterocycles. The van der Waals surface area contributed by atoms with Gasteiger partial charge in [-0.05, 0) is 56.0 Å². The molecule has 0 aliphatic carbocycles. The molecule has 2 fully saturated rings. The van der Waals surface area contributed by atoms with Crippen LogP contribution in [0.3, 0.4) is 0 Å². The highest BCUT2D eigenvalue weighted by molar-refractivity contribution is 5.90. The van der Waals surface area contributed by atoms with Crippen LogP contribution in [0.25, 0.3) is 22.3 Å². The number of pyridine rings is 2. The zero-order chi connectivity index (χ0) is 38.6. The Kier molecular flexibility index (Phi) is 11.8. The van der Waals surface area contributed by atoms with Crippen molar-refractivity contribution in [3.63, 3.8) is 0 Å². The number of aromatic nitrogens is 2. The number of amides is 2. The Morgan fingerprint density at radius 1 is 1.02 bits per heavy atom. The number of hydrogen-bond donors (Lipinski definition) is 3.